The Kier molecular flexibility index (Phi) is 7.03. The SMILES string of the molecule is OCCCNc1cc(-c2cncc(-c3ccc(OC(F)(F)F)cc3)c2)nc(-c2ccccc2)n1. The largest absolute Gasteiger partial charge is 0.573 e. The summed E-state index contributed by atoms with van der Waals surface area (Å²) < 4.78 is 41.2. The Bertz CT molecular complexity index is 1230. The smallest absolute Gasteiger partial charge is 0.406 e. The Morgan fingerprint density at radius 2 is 1.56 bits per heavy atom. The van der Waals surface area contributed by atoms with Crippen LogP contribution in [0.15, 0.2) is 79.1 Å². The first-order valence-electron chi connectivity index (χ1n) is 10.5. The van der Waals surface area contributed by atoms with Crippen molar-refractivity contribution in [3.63, 3.8) is 0 Å². The van der Waals surface area contributed by atoms with Gasteiger partial charge in [-0.05, 0) is 30.2 Å². The first kappa shape index (κ1) is 23.2. The van der Waals surface area contributed by atoms with Crippen LogP contribution in [0.5, 0.6) is 5.75 Å². The number of rotatable bonds is 8. The van der Waals surface area contributed by atoms with Crippen molar-refractivity contribution in [3.8, 4) is 39.5 Å². The lowest BCUT2D eigenvalue weighted by Gasteiger charge is -2.11. The number of nitrogens with one attached hydrogen (secondary N) is 1. The average Bonchev–Trinajstić information content (AvgIpc) is 2.84. The van der Waals surface area contributed by atoms with Crippen molar-refractivity contribution in [1.29, 1.82) is 0 Å². The van der Waals surface area contributed by atoms with Gasteiger partial charge in [-0.15, -0.1) is 13.2 Å². The fourth-order valence-corrected chi connectivity index (χ4v) is 3.28. The number of aliphatic hydroxyl groups excluding tert-OH is 1. The Morgan fingerprint density at radius 1 is 0.824 bits per heavy atom. The second-order valence-corrected chi connectivity index (χ2v) is 7.37. The molecule has 2 aromatic carbocycles. The van der Waals surface area contributed by atoms with Gasteiger partial charge in [-0.3, -0.25) is 4.98 Å². The van der Waals surface area contributed by atoms with E-state index in [1.807, 2.05) is 36.4 Å². The summed E-state index contributed by atoms with van der Waals surface area (Å²) in [5.41, 5.74) is 3.59. The zero-order valence-corrected chi connectivity index (χ0v) is 18.0. The molecule has 9 heteroatoms. The van der Waals surface area contributed by atoms with Crippen LogP contribution < -0.4 is 10.1 Å². The van der Waals surface area contributed by atoms with Gasteiger partial charge in [0.05, 0.1) is 5.69 Å². The first-order chi connectivity index (χ1) is 16.4. The van der Waals surface area contributed by atoms with Crippen molar-refractivity contribution >= 4 is 5.82 Å². The van der Waals surface area contributed by atoms with Crippen molar-refractivity contribution in [3.05, 3.63) is 79.1 Å². The van der Waals surface area contributed by atoms with E-state index in [9.17, 15) is 13.2 Å². The van der Waals surface area contributed by atoms with Crippen LogP contribution in [-0.4, -0.2) is 39.6 Å². The van der Waals surface area contributed by atoms with Gasteiger partial charge in [-0.1, -0.05) is 42.5 Å². The minimum atomic E-state index is -4.74. The summed E-state index contributed by atoms with van der Waals surface area (Å²) in [4.78, 5) is 13.6. The molecule has 34 heavy (non-hydrogen) atoms. The molecule has 6 nitrogen and oxygen atoms in total. The molecule has 0 aliphatic heterocycles. The van der Waals surface area contributed by atoms with Gasteiger partial charge in [0.15, 0.2) is 5.82 Å². The van der Waals surface area contributed by atoms with Crippen molar-refractivity contribution in [1.82, 2.24) is 15.0 Å². The third kappa shape index (κ3) is 6.08. The minimum Gasteiger partial charge on any atom is -0.406 e. The lowest BCUT2D eigenvalue weighted by atomic mass is 10.0. The fraction of sp³-hybridized carbons (Fsp3) is 0.160. The Hall–Kier alpha value is -3.98. The van der Waals surface area contributed by atoms with Crippen molar-refractivity contribution in [2.24, 2.45) is 0 Å². The van der Waals surface area contributed by atoms with Gasteiger partial charge < -0.3 is 15.2 Å². The number of pyridine rings is 1. The molecule has 174 valence electrons. The topological polar surface area (TPSA) is 80.2 Å². The van der Waals surface area contributed by atoms with E-state index in [-0.39, 0.29) is 12.4 Å². The van der Waals surface area contributed by atoms with Gasteiger partial charge in [0, 0.05) is 48.3 Å². The molecule has 0 aliphatic rings. The summed E-state index contributed by atoms with van der Waals surface area (Å²) >= 11 is 0. The maximum Gasteiger partial charge on any atom is 0.573 e. The number of nitrogens with zero attached hydrogens (tertiary/aromatic N) is 3. The number of hydrogen-bond donors (Lipinski definition) is 2. The lowest BCUT2D eigenvalue weighted by Crippen LogP contribution is -2.16. The highest BCUT2D eigenvalue weighted by Crippen LogP contribution is 2.30. The fourth-order valence-electron chi connectivity index (χ4n) is 3.28. The summed E-state index contributed by atoms with van der Waals surface area (Å²) in [6.45, 7) is 0.612. The molecule has 0 atom stereocenters. The predicted octanol–water partition coefficient (Wildman–Crippen LogP) is 5.57. The van der Waals surface area contributed by atoms with Crippen LogP contribution in [0.4, 0.5) is 19.0 Å². The monoisotopic (exact) mass is 466 g/mol. The average molecular weight is 466 g/mol. The van der Waals surface area contributed by atoms with Crippen molar-refractivity contribution < 1.29 is 23.0 Å². The lowest BCUT2D eigenvalue weighted by molar-refractivity contribution is -0.274. The standard InChI is InChI=1S/C25H21F3N4O2/c26-25(27,28)34-21-9-7-17(8-10-21)19-13-20(16-29-15-19)22-14-23(30-11-4-12-33)32-24(31-22)18-5-2-1-3-6-18/h1-3,5-10,13-16,33H,4,11-12H2,(H,30,31,32). The molecular formula is C25H21F3N4O2. The third-order valence-electron chi connectivity index (χ3n) is 4.85. The van der Waals surface area contributed by atoms with E-state index in [4.69, 9.17) is 10.1 Å². The molecule has 2 N–H and O–H groups in total. The van der Waals surface area contributed by atoms with Gasteiger partial charge in [0.1, 0.15) is 11.6 Å². The van der Waals surface area contributed by atoms with Crippen LogP contribution in [0.3, 0.4) is 0 Å². The van der Waals surface area contributed by atoms with Gasteiger partial charge in [-0.2, -0.15) is 0 Å². The number of aromatic nitrogens is 3. The minimum absolute atomic E-state index is 0.0647. The molecular weight excluding hydrogens is 445 g/mol. The molecule has 0 saturated heterocycles. The summed E-state index contributed by atoms with van der Waals surface area (Å²) in [5.74, 6) is 0.849. The van der Waals surface area contributed by atoms with Crippen LogP contribution >= 0.6 is 0 Å². The van der Waals surface area contributed by atoms with E-state index >= 15 is 0 Å². The number of alkyl halides is 3. The molecule has 4 aromatic rings. The molecule has 0 amide bonds. The van der Waals surface area contributed by atoms with E-state index in [0.29, 0.717) is 41.4 Å². The first-order valence-corrected chi connectivity index (χ1v) is 10.5. The summed E-state index contributed by atoms with van der Waals surface area (Å²) in [6.07, 6.45) is -0.872. The van der Waals surface area contributed by atoms with E-state index in [2.05, 4.69) is 20.0 Å². The van der Waals surface area contributed by atoms with E-state index < -0.39 is 6.36 Å². The number of ether oxygens (including phenoxy) is 1. The highest BCUT2D eigenvalue weighted by atomic mass is 19.4. The second kappa shape index (κ2) is 10.3. The Morgan fingerprint density at radius 3 is 2.26 bits per heavy atom. The number of halogens is 3. The maximum atomic E-state index is 12.4. The highest BCUT2D eigenvalue weighted by Gasteiger charge is 2.31. The molecule has 4 rings (SSSR count). The van der Waals surface area contributed by atoms with Crippen LogP contribution in [0.25, 0.3) is 33.8 Å². The van der Waals surface area contributed by atoms with Crippen molar-refractivity contribution in [2.75, 3.05) is 18.5 Å². The normalized spacial score (nSPS) is 11.3. The zero-order chi connectivity index (χ0) is 24.0. The number of anilines is 1. The Labute approximate surface area is 194 Å². The van der Waals surface area contributed by atoms with Crippen LogP contribution in [0.2, 0.25) is 0 Å². The van der Waals surface area contributed by atoms with Crippen LogP contribution in [-0.2, 0) is 0 Å². The van der Waals surface area contributed by atoms with Gasteiger partial charge in [0.25, 0.3) is 0 Å². The molecule has 0 fully saturated rings. The number of benzene rings is 2. The molecule has 0 aliphatic carbocycles. The predicted molar refractivity (Wildman–Crippen MR) is 123 cm³/mol. The van der Waals surface area contributed by atoms with Crippen LogP contribution in [0, 0.1) is 0 Å². The zero-order valence-electron chi connectivity index (χ0n) is 18.0. The molecule has 2 aromatic heterocycles. The van der Waals surface area contributed by atoms with E-state index in [1.165, 1.54) is 12.1 Å². The molecule has 2 heterocycles. The Balaban J connectivity index is 1.67. The number of aliphatic hydroxyl groups is 1. The van der Waals surface area contributed by atoms with Crippen LogP contribution in [0.1, 0.15) is 6.42 Å². The number of hydrogen-bond acceptors (Lipinski definition) is 6. The molecule has 0 unspecified atom stereocenters. The third-order valence-corrected chi connectivity index (χ3v) is 4.85. The van der Waals surface area contributed by atoms with Gasteiger partial charge >= 0.3 is 6.36 Å². The van der Waals surface area contributed by atoms with E-state index in [1.54, 1.807) is 30.6 Å². The quantitative estimate of drug-likeness (QED) is 0.331. The van der Waals surface area contributed by atoms with Gasteiger partial charge in [-0.25, -0.2) is 9.97 Å². The summed E-state index contributed by atoms with van der Waals surface area (Å²) in [7, 11) is 0. The second-order valence-electron chi connectivity index (χ2n) is 7.37. The molecule has 0 saturated carbocycles. The van der Waals surface area contributed by atoms with E-state index in [0.717, 1.165) is 11.1 Å². The highest BCUT2D eigenvalue weighted by molar-refractivity contribution is 5.73. The maximum absolute atomic E-state index is 12.4. The summed E-state index contributed by atoms with van der Waals surface area (Å²) in [5, 5.41) is 12.3. The molecule has 0 radical (unpaired) electrons. The molecule has 0 bridgehead atoms. The summed E-state index contributed by atoms with van der Waals surface area (Å²) in [6, 6.07) is 18.8. The molecule has 0 spiro atoms. The van der Waals surface area contributed by atoms with Gasteiger partial charge in [0.2, 0.25) is 0 Å². The van der Waals surface area contributed by atoms with Crippen molar-refractivity contribution in [2.45, 2.75) is 12.8 Å².